The van der Waals surface area contributed by atoms with E-state index in [1.54, 1.807) is 22.8 Å². The second kappa shape index (κ2) is 7.12. The van der Waals surface area contributed by atoms with Gasteiger partial charge in [-0.3, -0.25) is 14.2 Å². The lowest BCUT2D eigenvalue weighted by Gasteiger charge is -2.09. The number of nitrogens with zero attached hydrogens (tertiary/aromatic N) is 2. The molecule has 1 amide bonds. The van der Waals surface area contributed by atoms with Crippen LogP contribution in [0.15, 0.2) is 41.2 Å². The van der Waals surface area contributed by atoms with E-state index in [-0.39, 0.29) is 24.9 Å². The van der Waals surface area contributed by atoms with Crippen LogP contribution in [0.3, 0.4) is 0 Å². The minimum Gasteiger partial charge on any atom is -0.484 e. The Kier molecular flexibility index (Phi) is 4.31. The molecular weight excluding hydrogens is 374 g/mol. The maximum absolute atomic E-state index is 12.6. The van der Waals surface area contributed by atoms with Gasteiger partial charge in [0.05, 0.1) is 10.9 Å². The molecule has 8 heteroatoms. The van der Waals surface area contributed by atoms with E-state index in [1.165, 1.54) is 0 Å². The standard InChI is InChI=1S/C21H19N3O5/c25-20(22-10-13-3-6-17-18(8-13)29-12-28-17)11-27-14-4-5-16-15(9-14)21(26)24-7-1-2-19(24)23-16/h3-6,8-9H,1-2,7,10-12H2,(H,22,25). The van der Waals surface area contributed by atoms with Crippen LogP contribution in [0, 0.1) is 0 Å². The van der Waals surface area contributed by atoms with Crippen molar-refractivity contribution in [2.75, 3.05) is 13.4 Å². The molecule has 2 aromatic carbocycles. The molecule has 1 N–H and O–H groups in total. The van der Waals surface area contributed by atoms with Gasteiger partial charge in [-0.15, -0.1) is 0 Å². The van der Waals surface area contributed by atoms with E-state index in [2.05, 4.69) is 10.3 Å². The average Bonchev–Trinajstić information content (AvgIpc) is 3.40. The van der Waals surface area contributed by atoms with Gasteiger partial charge >= 0.3 is 0 Å². The fourth-order valence-corrected chi connectivity index (χ4v) is 3.60. The van der Waals surface area contributed by atoms with Crippen molar-refractivity contribution in [2.45, 2.75) is 25.9 Å². The molecule has 8 nitrogen and oxygen atoms in total. The molecule has 0 saturated heterocycles. The number of hydrogen-bond donors (Lipinski definition) is 1. The van der Waals surface area contributed by atoms with E-state index >= 15 is 0 Å². The third-order valence-corrected chi connectivity index (χ3v) is 5.08. The molecule has 0 radical (unpaired) electrons. The molecule has 1 aromatic heterocycles. The number of amides is 1. The van der Waals surface area contributed by atoms with Crippen molar-refractivity contribution in [1.82, 2.24) is 14.9 Å². The molecule has 29 heavy (non-hydrogen) atoms. The molecule has 5 rings (SSSR count). The maximum atomic E-state index is 12.6. The summed E-state index contributed by atoms with van der Waals surface area (Å²) in [5, 5.41) is 3.31. The molecule has 0 bridgehead atoms. The molecular formula is C21H19N3O5. The Bertz CT molecular complexity index is 1170. The van der Waals surface area contributed by atoms with E-state index in [4.69, 9.17) is 14.2 Å². The summed E-state index contributed by atoms with van der Waals surface area (Å²) in [5.74, 6) is 2.42. The first kappa shape index (κ1) is 17.5. The van der Waals surface area contributed by atoms with Crippen molar-refractivity contribution in [2.24, 2.45) is 0 Å². The van der Waals surface area contributed by atoms with E-state index < -0.39 is 0 Å². The first-order valence-electron chi connectivity index (χ1n) is 9.49. The minimum atomic E-state index is -0.258. The summed E-state index contributed by atoms with van der Waals surface area (Å²) in [5.41, 5.74) is 1.50. The fourth-order valence-electron chi connectivity index (χ4n) is 3.60. The van der Waals surface area contributed by atoms with Gasteiger partial charge in [0.25, 0.3) is 11.5 Å². The molecule has 0 aliphatic carbocycles. The van der Waals surface area contributed by atoms with E-state index in [9.17, 15) is 9.59 Å². The van der Waals surface area contributed by atoms with Crippen LogP contribution >= 0.6 is 0 Å². The Labute approximate surface area is 166 Å². The summed E-state index contributed by atoms with van der Waals surface area (Å²) in [7, 11) is 0. The molecule has 3 aromatic rings. The Hall–Kier alpha value is -3.55. The largest absolute Gasteiger partial charge is 0.484 e. The van der Waals surface area contributed by atoms with Gasteiger partial charge in [0.15, 0.2) is 18.1 Å². The van der Waals surface area contributed by atoms with Crippen LogP contribution in [0.5, 0.6) is 17.2 Å². The molecule has 0 unspecified atom stereocenters. The SMILES string of the molecule is O=C(COc1ccc2nc3n(c(=O)c2c1)CCC3)NCc1ccc2c(c1)OCO2. The predicted octanol–water partition coefficient (Wildman–Crippen LogP) is 1.77. The molecule has 0 atom stereocenters. The molecule has 0 spiro atoms. The fraction of sp³-hybridized carbons (Fsp3) is 0.286. The van der Waals surface area contributed by atoms with E-state index in [0.29, 0.717) is 41.2 Å². The number of carbonyl (C=O) groups is 1. The van der Waals surface area contributed by atoms with Crippen LogP contribution in [-0.2, 0) is 24.3 Å². The van der Waals surface area contributed by atoms with Gasteiger partial charge in [-0.2, -0.15) is 0 Å². The number of benzene rings is 2. The Morgan fingerprint density at radius 2 is 2.07 bits per heavy atom. The van der Waals surface area contributed by atoms with Crippen LogP contribution < -0.4 is 25.1 Å². The summed E-state index contributed by atoms with van der Waals surface area (Å²) in [4.78, 5) is 29.3. The summed E-state index contributed by atoms with van der Waals surface area (Å²) < 4.78 is 17.9. The molecule has 2 aliphatic heterocycles. The lowest BCUT2D eigenvalue weighted by atomic mass is 10.2. The van der Waals surface area contributed by atoms with Crippen LogP contribution in [0.4, 0.5) is 0 Å². The highest BCUT2D eigenvalue weighted by atomic mass is 16.7. The molecule has 2 aliphatic rings. The van der Waals surface area contributed by atoms with E-state index in [1.807, 2.05) is 18.2 Å². The summed E-state index contributed by atoms with van der Waals surface area (Å²) in [6, 6.07) is 10.7. The average molecular weight is 393 g/mol. The molecule has 0 fully saturated rings. The molecule has 0 saturated carbocycles. The minimum absolute atomic E-state index is 0.0554. The zero-order valence-corrected chi connectivity index (χ0v) is 15.6. The van der Waals surface area contributed by atoms with Crippen LogP contribution in [0.1, 0.15) is 17.8 Å². The second-order valence-electron chi connectivity index (χ2n) is 7.02. The van der Waals surface area contributed by atoms with Crippen LogP contribution in [-0.4, -0.2) is 28.9 Å². The number of aryl methyl sites for hydroxylation is 1. The topological polar surface area (TPSA) is 91.7 Å². The number of rotatable bonds is 5. The van der Waals surface area contributed by atoms with Crippen molar-refractivity contribution in [3.63, 3.8) is 0 Å². The highest BCUT2D eigenvalue weighted by Crippen LogP contribution is 2.32. The van der Waals surface area contributed by atoms with E-state index in [0.717, 1.165) is 24.2 Å². The monoisotopic (exact) mass is 393 g/mol. The van der Waals surface area contributed by atoms with Crippen LogP contribution in [0.2, 0.25) is 0 Å². The Morgan fingerprint density at radius 3 is 3.00 bits per heavy atom. The van der Waals surface area contributed by atoms with Crippen molar-refractivity contribution >= 4 is 16.8 Å². The maximum Gasteiger partial charge on any atom is 0.261 e. The highest BCUT2D eigenvalue weighted by Gasteiger charge is 2.17. The van der Waals surface area contributed by atoms with Gasteiger partial charge in [0.1, 0.15) is 11.6 Å². The number of carbonyl (C=O) groups excluding carboxylic acids is 1. The van der Waals surface area contributed by atoms with Gasteiger partial charge in [0.2, 0.25) is 6.79 Å². The number of hydrogen-bond acceptors (Lipinski definition) is 6. The lowest BCUT2D eigenvalue weighted by Crippen LogP contribution is -2.28. The third kappa shape index (κ3) is 3.37. The summed E-state index contributed by atoms with van der Waals surface area (Å²) in [6.45, 7) is 1.13. The smallest absolute Gasteiger partial charge is 0.261 e. The molecule has 3 heterocycles. The quantitative estimate of drug-likeness (QED) is 0.710. The number of nitrogens with one attached hydrogen (secondary N) is 1. The van der Waals surface area contributed by atoms with Gasteiger partial charge in [-0.1, -0.05) is 6.07 Å². The third-order valence-electron chi connectivity index (χ3n) is 5.08. The molecule has 148 valence electrons. The highest BCUT2D eigenvalue weighted by molar-refractivity contribution is 5.80. The number of aromatic nitrogens is 2. The van der Waals surface area contributed by atoms with Gasteiger partial charge < -0.3 is 19.5 Å². The van der Waals surface area contributed by atoms with Crippen LogP contribution in [0.25, 0.3) is 10.9 Å². The first-order chi connectivity index (χ1) is 14.2. The van der Waals surface area contributed by atoms with Crippen molar-refractivity contribution in [3.8, 4) is 17.2 Å². The first-order valence-corrected chi connectivity index (χ1v) is 9.49. The number of ether oxygens (including phenoxy) is 3. The van der Waals surface area contributed by atoms with Crippen molar-refractivity contribution < 1.29 is 19.0 Å². The van der Waals surface area contributed by atoms with Gasteiger partial charge in [0, 0.05) is 19.5 Å². The number of fused-ring (bicyclic) bond motifs is 3. The van der Waals surface area contributed by atoms with Crippen molar-refractivity contribution in [3.05, 3.63) is 58.1 Å². The predicted molar refractivity (Wildman–Crippen MR) is 104 cm³/mol. The normalized spacial score (nSPS) is 14.1. The Balaban J connectivity index is 1.22. The zero-order valence-electron chi connectivity index (χ0n) is 15.6. The zero-order chi connectivity index (χ0) is 19.8. The van der Waals surface area contributed by atoms with Gasteiger partial charge in [-0.05, 0) is 42.3 Å². The summed E-state index contributed by atoms with van der Waals surface area (Å²) in [6.07, 6.45) is 1.76. The lowest BCUT2D eigenvalue weighted by molar-refractivity contribution is -0.123. The van der Waals surface area contributed by atoms with Gasteiger partial charge in [-0.25, -0.2) is 4.98 Å². The Morgan fingerprint density at radius 1 is 1.17 bits per heavy atom. The summed E-state index contributed by atoms with van der Waals surface area (Å²) >= 11 is 0. The second-order valence-corrected chi connectivity index (χ2v) is 7.02. The van der Waals surface area contributed by atoms with Crippen molar-refractivity contribution in [1.29, 1.82) is 0 Å².